The van der Waals surface area contributed by atoms with Crippen LogP contribution >= 0.6 is 23.4 Å². The monoisotopic (exact) mass is 375 g/mol. The SMILES string of the molecule is C[C@H](Sc1nc(N)c(C#N)cc1C#N)C(=O)Nc1ccc(Cl)cc1F. The van der Waals surface area contributed by atoms with Crippen LogP contribution in [0.15, 0.2) is 29.3 Å². The highest BCUT2D eigenvalue weighted by atomic mass is 35.5. The normalized spacial score (nSPS) is 11.2. The lowest BCUT2D eigenvalue weighted by Gasteiger charge is -2.13. The van der Waals surface area contributed by atoms with Gasteiger partial charge in [0.15, 0.2) is 0 Å². The summed E-state index contributed by atoms with van der Waals surface area (Å²) in [7, 11) is 0. The highest BCUT2D eigenvalue weighted by Gasteiger charge is 2.20. The minimum atomic E-state index is -0.693. The number of amides is 1. The number of halogens is 2. The molecule has 0 unspecified atom stereocenters. The van der Waals surface area contributed by atoms with Crippen molar-refractivity contribution in [2.45, 2.75) is 17.2 Å². The molecule has 0 aliphatic carbocycles. The average molecular weight is 376 g/mol. The van der Waals surface area contributed by atoms with Crippen molar-refractivity contribution in [3.05, 3.63) is 46.2 Å². The smallest absolute Gasteiger partial charge is 0.237 e. The molecule has 126 valence electrons. The molecule has 1 atom stereocenters. The van der Waals surface area contributed by atoms with E-state index in [0.29, 0.717) is 0 Å². The number of aromatic nitrogens is 1. The van der Waals surface area contributed by atoms with Crippen molar-refractivity contribution in [1.29, 1.82) is 10.5 Å². The molecule has 1 heterocycles. The second-order valence-electron chi connectivity index (χ2n) is 4.87. The molecule has 6 nitrogen and oxygen atoms in total. The Morgan fingerprint density at radius 2 is 2.04 bits per heavy atom. The Morgan fingerprint density at radius 1 is 1.36 bits per heavy atom. The van der Waals surface area contributed by atoms with Crippen LogP contribution in [0, 0.1) is 28.5 Å². The maximum absolute atomic E-state index is 13.7. The van der Waals surface area contributed by atoms with Gasteiger partial charge in [-0.15, -0.1) is 0 Å². The van der Waals surface area contributed by atoms with E-state index >= 15 is 0 Å². The van der Waals surface area contributed by atoms with E-state index < -0.39 is 17.0 Å². The van der Waals surface area contributed by atoms with Crippen molar-refractivity contribution in [2.75, 3.05) is 11.1 Å². The Morgan fingerprint density at radius 3 is 2.64 bits per heavy atom. The molecule has 1 aromatic heterocycles. The van der Waals surface area contributed by atoms with Gasteiger partial charge in [-0.2, -0.15) is 10.5 Å². The number of rotatable bonds is 4. The predicted octanol–water partition coefficient (Wildman–Crippen LogP) is 3.32. The second kappa shape index (κ2) is 7.84. The summed E-state index contributed by atoms with van der Waals surface area (Å²) in [4.78, 5) is 16.2. The van der Waals surface area contributed by atoms with Gasteiger partial charge in [0.05, 0.1) is 22.1 Å². The van der Waals surface area contributed by atoms with E-state index in [-0.39, 0.29) is 32.7 Å². The fraction of sp³-hybridized carbons (Fsp3) is 0.125. The Balaban J connectivity index is 2.18. The molecule has 0 saturated heterocycles. The number of nitrogens with one attached hydrogen (secondary N) is 1. The van der Waals surface area contributed by atoms with Crippen molar-refractivity contribution < 1.29 is 9.18 Å². The third-order valence-electron chi connectivity index (χ3n) is 3.10. The van der Waals surface area contributed by atoms with Gasteiger partial charge in [0.2, 0.25) is 5.91 Å². The molecule has 0 saturated carbocycles. The third kappa shape index (κ3) is 4.38. The van der Waals surface area contributed by atoms with Crippen LogP contribution in [-0.2, 0) is 4.79 Å². The fourth-order valence-electron chi connectivity index (χ4n) is 1.82. The molecule has 2 rings (SSSR count). The van der Waals surface area contributed by atoms with Gasteiger partial charge >= 0.3 is 0 Å². The van der Waals surface area contributed by atoms with E-state index in [1.807, 2.05) is 12.1 Å². The van der Waals surface area contributed by atoms with Crippen LogP contribution in [0.1, 0.15) is 18.1 Å². The summed E-state index contributed by atoms with van der Waals surface area (Å²) in [6.45, 7) is 1.57. The molecule has 1 amide bonds. The lowest BCUT2D eigenvalue weighted by Crippen LogP contribution is -2.23. The summed E-state index contributed by atoms with van der Waals surface area (Å²) in [5.74, 6) is -1.17. The maximum Gasteiger partial charge on any atom is 0.237 e. The first-order valence-electron chi connectivity index (χ1n) is 6.89. The average Bonchev–Trinajstić information content (AvgIpc) is 2.57. The van der Waals surface area contributed by atoms with Gasteiger partial charge < -0.3 is 11.1 Å². The standard InChI is InChI=1S/C16H11ClFN5OS/c1-8(15(24)22-13-3-2-11(17)5-12(13)18)25-16-10(7-20)4-9(6-19)14(21)23-16/h2-5,8H,1H3,(H2,21,23)(H,22,24)/t8-/m0/s1. The number of nitrogens with two attached hydrogens (primary N) is 1. The molecule has 9 heteroatoms. The molecule has 1 aromatic carbocycles. The number of nitrogens with zero attached hydrogens (tertiary/aromatic N) is 3. The van der Waals surface area contributed by atoms with E-state index in [4.69, 9.17) is 27.9 Å². The zero-order valence-electron chi connectivity index (χ0n) is 12.9. The van der Waals surface area contributed by atoms with Crippen LogP contribution < -0.4 is 11.1 Å². The van der Waals surface area contributed by atoms with Gasteiger partial charge in [-0.05, 0) is 31.2 Å². The largest absolute Gasteiger partial charge is 0.383 e. The van der Waals surface area contributed by atoms with Crippen molar-refractivity contribution in [3.63, 3.8) is 0 Å². The lowest BCUT2D eigenvalue weighted by molar-refractivity contribution is -0.115. The molecule has 25 heavy (non-hydrogen) atoms. The first-order valence-corrected chi connectivity index (χ1v) is 8.14. The number of hydrogen-bond donors (Lipinski definition) is 2. The van der Waals surface area contributed by atoms with Gasteiger partial charge in [-0.3, -0.25) is 4.79 Å². The number of carbonyl (C=O) groups is 1. The van der Waals surface area contributed by atoms with Crippen LogP contribution in [0.4, 0.5) is 15.9 Å². The molecular formula is C16H11ClFN5OS. The number of carbonyl (C=O) groups excluding carboxylic acids is 1. The zero-order chi connectivity index (χ0) is 18.6. The molecule has 0 fully saturated rings. The minimum absolute atomic E-state index is 0.00495. The van der Waals surface area contributed by atoms with E-state index in [9.17, 15) is 9.18 Å². The summed E-state index contributed by atoms with van der Waals surface area (Å²) >= 11 is 6.65. The topological polar surface area (TPSA) is 116 Å². The number of nitriles is 2. The van der Waals surface area contributed by atoms with Crippen LogP contribution in [0.5, 0.6) is 0 Å². The molecule has 0 spiro atoms. The van der Waals surface area contributed by atoms with E-state index in [2.05, 4.69) is 10.3 Å². The summed E-state index contributed by atoms with van der Waals surface area (Å²) < 4.78 is 13.7. The number of nitrogen functional groups attached to an aromatic ring is 1. The Bertz CT molecular complexity index is 922. The Hall–Kier alpha value is -2.81. The first kappa shape index (κ1) is 18.5. The number of thioether (sulfide) groups is 1. The van der Waals surface area contributed by atoms with E-state index in [1.54, 1.807) is 6.92 Å². The van der Waals surface area contributed by atoms with Gasteiger partial charge in [0, 0.05) is 5.02 Å². The maximum atomic E-state index is 13.7. The summed E-state index contributed by atoms with van der Waals surface area (Å²) in [5, 5.41) is 20.3. The minimum Gasteiger partial charge on any atom is -0.383 e. The summed E-state index contributed by atoms with van der Waals surface area (Å²) in [6, 6.07) is 8.96. The zero-order valence-corrected chi connectivity index (χ0v) is 14.5. The third-order valence-corrected chi connectivity index (χ3v) is 4.44. The number of benzene rings is 1. The van der Waals surface area contributed by atoms with Crippen LogP contribution in [0.25, 0.3) is 0 Å². The molecular weight excluding hydrogens is 365 g/mol. The van der Waals surface area contributed by atoms with E-state index in [0.717, 1.165) is 17.8 Å². The molecule has 2 aromatic rings. The first-order chi connectivity index (χ1) is 11.8. The summed E-state index contributed by atoms with van der Waals surface area (Å²) in [6.07, 6.45) is 0. The molecule has 0 radical (unpaired) electrons. The van der Waals surface area contributed by atoms with Crippen molar-refractivity contribution in [1.82, 2.24) is 4.98 Å². The van der Waals surface area contributed by atoms with Crippen LogP contribution in [-0.4, -0.2) is 16.1 Å². The predicted molar refractivity (Wildman–Crippen MR) is 93.4 cm³/mol. The molecule has 3 N–H and O–H groups in total. The van der Waals surface area contributed by atoms with Crippen molar-refractivity contribution in [2.24, 2.45) is 0 Å². The number of hydrogen-bond acceptors (Lipinski definition) is 6. The Kier molecular flexibility index (Phi) is 5.81. The highest BCUT2D eigenvalue weighted by molar-refractivity contribution is 8.00. The quantitative estimate of drug-likeness (QED) is 0.792. The van der Waals surface area contributed by atoms with Gasteiger partial charge in [-0.25, -0.2) is 9.37 Å². The molecule has 0 aliphatic heterocycles. The van der Waals surface area contributed by atoms with Crippen molar-refractivity contribution in [3.8, 4) is 12.1 Å². The second-order valence-corrected chi connectivity index (χ2v) is 6.64. The fourth-order valence-corrected chi connectivity index (χ4v) is 2.86. The number of pyridine rings is 1. The summed E-state index contributed by atoms with van der Waals surface area (Å²) in [5.41, 5.74) is 5.86. The van der Waals surface area contributed by atoms with Crippen LogP contribution in [0.2, 0.25) is 5.02 Å². The van der Waals surface area contributed by atoms with Crippen molar-refractivity contribution >= 4 is 40.8 Å². The highest BCUT2D eigenvalue weighted by Crippen LogP contribution is 2.28. The van der Waals surface area contributed by atoms with Crippen LogP contribution in [0.3, 0.4) is 0 Å². The Labute approximate surface area is 152 Å². The van der Waals surface area contributed by atoms with Gasteiger partial charge in [0.1, 0.15) is 28.8 Å². The molecule has 0 bridgehead atoms. The molecule has 0 aliphatic rings. The number of anilines is 2. The van der Waals surface area contributed by atoms with Gasteiger partial charge in [-0.1, -0.05) is 23.4 Å². The van der Waals surface area contributed by atoms with Gasteiger partial charge in [0.25, 0.3) is 0 Å². The lowest BCUT2D eigenvalue weighted by atomic mass is 10.2. The van der Waals surface area contributed by atoms with E-state index in [1.165, 1.54) is 18.2 Å².